The number of hydrogen-bond donors (Lipinski definition) is 1. The molecule has 0 bridgehead atoms. The van der Waals surface area contributed by atoms with Gasteiger partial charge in [-0.05, 0) is 36.4 Å². The Bertz CT molecular complexity index is 923. The van der Waals surface area contributed by atoms with Gasteiger partial charge in [0.15, 0.2) is 17.3 Å². The van der Waals surface area contributed by atoms with Crippen molar-refractivity contribution in [3.05, 3.63) is 66.1 Å². The predicted octanol–water partition coefficient (Wildman–Crippen LogP) is 2.94. The quantitative estimate of drug-likeness (QED) is 0.780. The van der Waals surface area contributed by atoms with Crippen molar-refractivity contribution in [2.75, 3.05) is 6.61 Å². The smallest absolute Gasteiger partial charge is 0.265 e. The van der Waals surface area contributed by atoms with Crippen molar-refractivity contribution in [1.29, 1.82) is 0 Å². The first kappa shape index (κ1) is 16.1. The molecule has 132 valence electrons. The number of nitrogens with zero attached hydrogens (tertiary/aromatic N) is 1. The van der Waals surface area contributed by atoms with Gasteiger partial charge in [-0.3, -0.25) is 4.79 Å². The number of benzene rings is 2. The molecule has 7 heteroatoms. The number of ether oxygens (including phenoxy) is 2. The minimum atomic E-state index is -0.728. The third-order valence-corrected chi connectivity index (χ3v) is 3.93. The van der Waals surface area contributed by atoms with Crippen molar-refractivity contribution in [3.63, 3.8) is 0 Å². The van der Waals surface area contributed by atoms with Crippen molar-refractivity contribution in [3.8, 4) is 22.8 Å². The Balaban J connectivity index is 1.36. The topological polar surface area (TPSA) is 73.6 Å². The van der Waals surface area contributed by atoms with Crippen LogP contribution in [0.3, 0.4) is 0 Å². The van der Waals surface area contributed by atoms with E-state index in [0.29, 0.717) is 28.5 Å². The molecule has 1 aliphatic heterocycles. The van der Waals surface area contributed by atoms with Gasteiger partial charge in [-0.15, -0.1) is 0 Å². The van der Waals surface area contributed by atoms with Crippen LogP contribution in [-0.4, -0.2) is 23.8 Å². The fourth-order valence-corrected chi connectivity index (χ4v) is 2.59. The van der Waals surface area contributed by atoms with Gasteiger partial charge in [0.25, 0.3) is 5.91 Å². The minimum Gasteiger partial charge on any atom is -0.485 e. The van der Waals surface area contributed by atoms with Crippen molar-refractivity contribution in [2.24, 2.45) is 0 Å². The molecular weight excluding hydrogens is 339 g/mol. The second kappa shape index (κ2) is 6.87. The molecule has 4 rings (SSSR count). The van der Waals surface area contributed by atoms with Crippen LogP contribution in [0.2, 0.25) is 0 Å². The number of rotatable bonds is 4. The fourth-order valence-electron chi connectivity index (χ4n) is 2.59. The van der Waals surface area contributed by atoms with Gasteiger partial charge in [0.05, 0.1) is 6.54 Å². The fraction of sp³-hybridized carbons (Fsp3) is 0.158. The summed E-state index contributed by atoms with van der Waals surface area (Å²) in [5.74, 6) is 1.04. The molecule has 0 radical (unpaired) electrons. The molecule has 0 fully saturated rings. The lowest BCUT2D eigenvalue weighted by atomic mass is 10.1. The molecule has 0 aliphatic carbocycles. The monoisotopic (exact) mass is 354 g/mol. The Morgan fingerprint density at radius 2 is 1.92 bits per heavy atom. The maximum absolute atomic E-state index is 13.0. The maximum atomic E-state index is 13.0. The van der Waals surface area contributed by atoms with Crippen LogP contribution < -0.4 is 14.8 Å². The number of hydrogen-bond acceptors (Lipinski definition) is 5. The van der Waals surface area contributed by atoms with E-state index >= 15 is 0 Å². The molecule has 3 aromatic rings. The number of aromatic nitrogens is 1. The summed E-state index contributed by atoms with van der Waals surface area (Å²) in [6.45, 7) is 0.327. The number of para-hydroxylation sites is 2. The van der Waals surface area contributed by atoms with Gasteiger partial charge in [-0.25, -0.2) is 4.39 Å². The number of fused-ring (bicyclic) bond motifs is 1. The van der Waals surface area contributed by atoms with E-state index in [2.05, 4.69) is 10.5 Å². The van der Waals surface area contributed by atoms with Gasteiger partial charge in [0.2, 0.25) is 6.10 Å². The lowest BCUT2D eigenvalue weighted by molar-refractivity contribution is -0.130. The zero-order chi connectivity index (χ0) is 17.9. The van der Waals surface area contributed by atoms with Gasteiger partial charge in [0, 0.05) is 11.6 Å². The average Bonchev–Trinajstić information content (AvgIpc) is 3.15. The second-order valence-electron chi connectivity index (χ2n) is 5.77. The summed E-state index contributed by atoms with van der Waals surface area (Å²) in [6, 6.07) is 14.8. The highest BCUT2D eigenvalue weighted by atomic mass is 19.1. The normalized spacial score (nSPS) is 15.5. The van der Waals surface area contributed by atoms with E-state index in [1.807, 2.05) is 12.1 Å². The average molecular weight is 354 g/mol. The summed E-state index contributed by atoms with van der Waals surface area (Å²) in [4.78, 5) is 12.3. The highest BCUT2D eigenvalue weighted by molar-refractivity contribution is 5.81. The van der Waals surface area contributed by atoms with Gasteiger partial charge < -0.3 is 19.3 Å². The summed E-state index contributed by atoms with van der Waals surface area (Å²) in [5, 5.41) is 6.66. The van der Waals surface area contributed by atoms with Crippen LogP contribution in [0.15, 0.2) is 59.1 Å². The third-order valence-electron chi connectivity index (χ3n) is 3.93. The number of nitrogens with one attached hydrogen (secondary N) is 1. The summed E-state index contributed by atoms with van der Waals surface area (Å²) in [6.07, 6.45) is -0.728. The lowest BCUT2D eigenvalue weighted by Gasteiger charge is -2.25. The molecule has 1 aromatic heterocycles. The van der Waals surface area contributed by atoms with Gasteiger partial charge in [-0.1, -0.05) is 17.3 Å². The summed E-state index contributed by atoms with van der Waals surface area (Å²) in [7, 11) is 0. The number of carbonyl (C=O) groups is 1. The van der Waals surface area contributed by atoms with Gasteiger partial charge in [0.1, 0.15) is 18.1 Å². The zero-order valence-corrected chi connectivity index (χ0v) is 13.6. The molecule has 2 aromatic carbocycles. The van der Waals surface area contributed by atoms with Gasteiger partial charge >= 0.3 is 0 Å². The predicted molar refractivity (Wildman–Crippen MR) is 90.1 cm³/mol. The van der Waals surface area contributed by atoms with E-state index in [0.717, 1.165) is 0 Å². The van der Waals surface area contributed by atoms with Crippen LogP contribution in [0.5, 0.6) is 11.5 Å². The Kier molecular flexibility index (Phi) is 4.27. The highest BCUT2D eigenvalue weighted by Gasteiger charge is 2.27. The summed E-state index contributed by atoms with van der Waals surface area (Å²) >= 11 is 0. The van der Waals surface area contributed by atoms with Crippen molar-refractivity contribution in [2.45, 2.75) is 12.6 Å². The molecule has 0 spiro atoms. The molecule has 1 aliphatic rings. The van der Waals surface area contributed by atoms with Crippen LogP contribution in [0.1, 0.15) is 5.69 Å². The Hall–Kier alpha value is -3.35. The minimum absolute atomic E-state index is 0.141. The van der Waals surface area contributed by atoms with E-state index in [4.69, 9.17) is 14.0 Å². The van der Waals surface area contributed by atoms with Crippen molar-refractivity contribution < 1.29 is 23.2 Å². The van der Waals surface area contributed by atoms with Gasteiger partial charge in [-0.2, -0.15) is 0 Å². The van der Waals surface area contributed by atoms with Crippen LogP contribution >= 0.6 is 0 Å². The third kappa shape index (κ3) is 3.37. The molecule has 0 saturated carbocycles. The first-order chi connectivity index (χ1) is 12.7. The number of carbonyl (C=O) groups excluding carboxylic acids is 1. The molecule has 1 amide bonds. The van der Waals surface area contributed by atoms with E-state index in [9.17, 15) is 9.18 Å². The lowest BCUT2D eigenvalue weighted by Crippen LogP contribution is -2.43. The largest absolute Gasteiger partial charge is 0.485 e. The molecule has 1 atom stereocenters. The molecule has 0 unspecified atom stereocenters. The number of amides is 1. The van der Waals surface area contributed by atoms with Crippen molar-refractivity contribution in [1.82, 2.24) is 10.5 Å². The van der Waals surface area contributed by atoms with Crippen molar-refractivity contribution >= 4 is 5.91 Å². The zero-order valence-electron chi connectivity index (χ0n) is 13.6. The molecule has 1 N–H and O–H groups in total. The molecule has 26 heavy (non-hydrogen) atoms. The Morgan fingerprint density at radius 1 is 1.15 bits per heavy atom. The molecular formula is C19H15FN2O4. The number of halogens is 1. The van der Waals surface area contributed by atoms with Crippen LogP contribution in [0.4, 0.5) is 4.39 Å². The summed E-state index contributed by atoms with van der Waals surface area (Å²) < 4.78 is 29.4. The first-order valence-corrected chi connectivity index (χ1v) is 8.07. The van der Waals surface area contributed by atoms with Crippen LogP contribution in [0, 0.1) is 5.82 Å². The Labute approximate surface area is 148 Å². The van der Waals surface area contributed by atoms with Crippen LogP contribution in [0.25, 0.3) is 11.3 Å². The van der Waals surface area contributed by atoms with E-state index in [1.165, 1.54) is 12.1 Å². The second-order valence-corrected chi connectivity index (χ2v) is 5.77. The molecule has 6 nitrogen and oxygen atoms in total. The maximum Gasteiger partial charge on any atom is 0.265 e. The first-order valence-electron chi connectivity index (χ1n) is 8.07. The van der Waals surface area contributed by atoms with E-state index in [1.54, 1.807) is 30.3 Å². The SMILES string of the molecule is O=C(NCc1cc(-c2ccc(F)cc2)on1)[C@@H]1COc2ccccc2O1. The van der Waals surface area contributed by atoms with E-state index < -0.39 is 6.10 Å². The molecule has 0 saturated heterocycles. The van der Waals surface area contributed by atoms with E-state index in [-0.39, 0.29) is 24.9 Å². The van der Waals surface area contributed by atoms with Crippen LogP contribution in [-0.2, 0) is 11.3 Å². The Morgan fingerprint density at radius 3 is 2.73 bits per heavy atom. The summed E-state index contributed by atoms with van der Waals surface area (Å²) in [5.41, 5.74) is 1.26. The highest BCUT2D eigenvalue weighted by Crippen LogP contribution is 2.30. The standard InChI is InChI=1S/C19H15FN2O4/c20-13-7-5-12(6-8-13)17-9-14(22-26-17)10-21-19(23)18-11-24-15-3-1-2-4-16(15)25-18/h1-9,18H,10-11H2,(H,21,23)/t18-/m0/s1. The molecule has 2 heterocycles.